The molecule has 7 heteroatoms. The Morgan fingerprint density at radius 3 is 2.32 bits per heavy atom. The van der Waals surface area contributed by atoms with E-state index in [0.29, 0.717) is 38.0 Å². The van der Waals surface area contributed by atoms with Gasteiger partial charge in [0.15, 0.2) is 0 Å². The molecule has 3 fully saturated rings. The number of hydrogen-bond donors (Lipinski definition) is 0. The summed E-state index contributed by atoms with van der Waals surface area (Å²) < 4.78 is 38.7. The van der Waals surface area contributed by atoms with Gasteiger partial charge in [0.05, 0.1) is 5.92 Å². The van der Waals surface area contributed by atoms with Crippen LogP contribution in [-0.2, 0) is 9.59 Å². The van der Waals surface area contributed by atoms with Gasteiger partial charge in [-0.25, -0.2) is 8.78 Å². The van der Waals surface area contributed by atoms with Crippen LogP contribution in [0, 0.1) is 23.7 Å². The van der Waals surface area contributed by atoms with Crippen LogP contribution < -0.4 is 0 Å². The number of rotatable bonds is 4. The zero-order valence-corrected chi connectivity index (χ0v) is 14.7. The zero-order chi connectivity index (χ0) is 18.2. The average molecular weight is 360 g/mol. The van der Waals surface area contributed by atoms with E-state index in [0.717, 1.165) is 19.3 Å². The standard InChI is InChI=1S/C18H27F3N2O2/c1-12(8-19)16(24)23-10-15(11-23)13-4-2-3-5-22(9-13)17(25)14-6-18(20,21)7-14/h12-15H,2-11H2,1H3. The van der Waals surface area contributed by atoms with E-state index in [1.165, 1.54) is 0 Å². The molecule has 0 spiro atoms. The van der Waals surface area contributed by atoms with Crippen LogP contribution in [0.15, 0.2) is 0 Å². The molecule has 3 aliphatic rings. The number of alkyl halides is 3. The highest BCUT2D eigenvalue weighted by Gasteiger charge is 2.50. The van der Waals surface area contributed by atoms with Gasteiger partial charge >= 0.3 is 0 Å². The highest BCUT2D eigenvalue weighted by atomic mass is 19.3. The molecule has 3 rings (SSSR count). The van der Waals surface area contributed by atoms with Crippen LogP contribution in [-0.4, -0.2) is 60.4 Å². The normalized spacial score (nSPS) is 28.7. The van der Waals surface area contributed by atoms with Crippen molar-refractivity contribution in [2.45, 2.75) is 45.0 Å². The zero-order valence-electron chi connectivity index (χ0n) is 14.7. The van der Waals surface area contributed by atoms with Gasteiger partial charge in [-0.2, -0.15) is 0 Å². The van der Waals surface area contributed by atoms with E-state index in [4.69, 9.17) is 0 Å². The molecule has 0 radical (unpaired) electrons. The maximum absolute atomic E-state index is 13.0. The molecule has 1 aliphatic carbocycles. The van der Waals surface area contributed by atoms with Crippen LogP contribution in [0.25, 0.3) is 0 Å². The molecule has 0 aromatic carbocycles. The van der Waals surface area contributed by atoms with Crippen molar-refractivity contribution in [2.24, 2.45) is 23.7 Å². The second kappa shape index (κ2) is 7.16. The minimum Gasteiger partial charge on any atom is -0.342 e. The first kappa shape index (κ1) is 18.5. The van der Waals surface area contributed by atoms with Gasteiger partial charge in [-0.15, -0.1) is 0 Å². The van der Waals surface area contributed by atoms with Gasteiger partial charge in [-0.05, 0) is 24.7 Å². The van der Waals surface area contributed by atoms with E-state index in [-0.39, 0.29) is 24.7 Å². The molecule has 2 atom stereocenters. The third-order valence-electron chi connectivity index (χ3n) is 6.00. The van der Waals surface area contributed by atoms with Crippen molar-refractivity contribution in [3.05, 3.63) is 0 Å². The van der Waals surface area contributed by atoms with E-state index < -0.39 is 24.4 Å². The summed E-state index contributed by atoms with van der Waals surface area (Å²) in [6.07, 6.45) is 2.27. The summed E-state index contributed by atoms with van der Waals surface area (Å²) in [5.41, 5.74) is 0. The fourth-order valence-corrected chi connectivity index (χ4v) is 4.22. The number of halogens is 3. The molecule has 2 unspecified atom stereocenters. The van der Waals surface area contributed by atoms with Crippen molar-refractivity contribution in [2.75, 3.05) is 32.9 Å². The highest BCUT2D eigenvalue weighted by molar-refractivity contribution is 5.80. The lowest BCUT2D eigenvalue weighted by Crippen LogP contribution is -2.56. The maximum Gasteiger partial charge on any atom is 0.249 e. The second-order valence-electron chi connectivity index (χ2n) is 8.06. The molecule has 0 aromatic rings. The van der Waals surface area contributed by atoms with Crippen molar-refractivity contribution in [1.29, 1.82) is 0 Å². The lowest BCUT2D eigenvalue weighted by Gasteiger charge is -2.45. The summed E-state index contributed by atoms with van der Waals surface area (Å²) >= 11 is 0. The van der Waals surface area contributed by atoms with Crippen molar-refractivity contribution >= 4 is 11.8 Å². The molecule has 2 aliphatic heterocycles. The molecule has 0 aromatic heterocycles. The largest absolute Gasteiger partial charge is 0.342 e. The number of nitrogens with zero attached hydrogens (tertiary/aromatic N) is 2. The monoisotopic (exact) mass is 360 g/mol. The fourth-order valence-electron chi connectivity index (χ4n) is 4.22. The topological polar surface area (TPSA) is 40.6 Å². The molecule has 2 heterocycles. The highest BCUT2D eigenvalue weighted by Crippen LogP contribution is 2.43. The predicted octanol–water partition coefficient (Wildman–Crippen LogP) is 2.72. The van der Waals surface area contributed by atoms with Crippen LogP contribution in [0.4, 0.5) is 13.2 Å². The number of hydrogen-bond acceptors (Lipinski definition) is 2. The Labute approximate surface area is 146 Å². The molecule has 1 saturated carbocycles. The number of likely N-dealkylation sites (tertiary alicyclic amines) is 2. The van der Waals surface area contributed by atoms with Crippen LogP contribution in [0.1, 0.15) is 39.0 Å². The molecular weight excluding hydrogens is 333 g/mol. The molecule has 2 amide bonds. The Kier molecular flexibility index (Phi) is 5.30. The minimum atomic E-state index is -2.67. The lowest BCUT2D eigenvalue weighted by molar-refractivity contribution is -0.161. The van der Waals surface area contributed by atoms with Crippen LogP contribution in [0.2, 0.25) is 0 Å². The molecule has 0 N–H and O–H groups in total. The Morgan fingerprint density at radius 2 is 1.72 bits per heavy atom. The second-order valence-corrected chi connectivity index (χ2v) is 8.06. The van der Waals surface area contributed by atoms with Gasteiger partial charge in [-0.1, -0.05) is 13.3 Å². The number of carbonyl (C=O) groups excluding carboxylic acids is 2. The van der Waals surface area contributed by atoms with Crippen molar-refractivity contribution in [1.82, 2.24) is 9.80 Å². The van der Waals surface area contributed by atoms with E-state index in [9.17, 15) is 22.8 Å². The Hall–Kier alpha value is -1.27. The molecular formula is C18H27F3N2O2. The average Bonchev–Trinajstić information content (AvgIpc) is 2.75. The van der Waals surface area contributed by atoms with Gasteiger partial charge in [0.2, 0.25) is 17.7 Å². The molecule has 25 heavy (non-hydrogen) atoms. The summed E-state index contributed by atoms with van der Waals surface area (Å²) in [6, 6.07) is 0. The summed E-state index contributed by atoms with van der Waals surface area (Å²) in [5.74, 6) is -3.43. The van der Waals surface area contributed by atoms with Gasteiger partial charge in [0.1, 0.15) is 6.67 Å². The molecule has 4 nitrogen and oxygen atoms in total. The third kappa shape index (κ3) is 3.95. The summed E-state index contributed by atoms with van der Waals surface area (Å²) in [5, 5.41) is 0. The van der Waals surface area contributed by atoms with Gasteiger partial charge < -0.3 is 9.80 Å². The Bertz CT molecular complexity index is 514. The van der Waals surface area contributed by atoms with Crippen molar-refractivity contribution < 1.29 is 22.8 Å². The van der Waals surface area contributed by atoms with E-state index in [1.54, 1.807) is 16.7 Å². The van der Waals surface area contributed by atoms with Crippen LogP contribution >= 0.6 is 0 Å². The van der Waals surface area contributed by atoms with Crippen LogP contribution in [0.5, 0.6) is 0 Å². The van der Waals surface area contributed by atoms with Gasteiger partial charge in [0.25, 0.3) is 0 Å². The number of amides is 2. The molecule has 142 valence electrons. The number of carbonyl (C=O) groups is 2. The molecule has 2 saturated heterocycles. The fraction of sp³-hybridized carbons (Fsp3) is 0.889. The summed E-state index contributed by atoms with van der Waals surface area (Å²) in [6.45, 7) is 3.44. The summed E-state index contributed by atoms with van der Waals surface area (Å²) in [4.78, 5) is 27.9. The quantitative estimate of drug-likeness (QED) is 0.773. The summed E-state index contributed by atoms with van der Waals surface area (Å²) in [7, 11) is 0. The van der Waals surface area contributed by atoms with E-state index in [1.807, 2.05) is 0 Å². The first-order chi connectivity index (χ1) is 11.8. The van der Waals surface area contributed by atoms with Crippen LogP contribution in [0.3, 0.4) is 0 Å². The van der Waals surface area contributed by atoms with Crippen molar-refractivity contribution in [3.8, 4) is 0 Å². The SMILES string of the molecule is CC(CF)C(=O)N1CC(C2CCCCN(C(=O)C3CC(F)(F)C3)C2)C1. The third-order valence-corrected chi connectivity index (χ3v) is 6.00. The first-order valence-corrected chi connectivity index (χ1v) is 9.32. The maximum atomic E-state index is 13.0. The minimum absolute atomic E-state index is 0.129. The first-order valence-electron chi connectivity index (χ1n) is 9.32. The van der Waals surface area contributed by atoms with E-state index in [2.05, 4.69) is 0 Å². The molecule has 0 bridgehead atoms. The smallest absolute Gasteiger partial charge is 0.249 e. The van der Waals surface area contributed by atoms with Gasteiger partial charge in [0, 0.05) is 44.9 Å². The van der Waals surface area contributed by atoms with Crippen molar-refractivity contribution in [3.63, 3.8) is 0 Å². The Balaban J connectivity index is 1.51. The van der Waals surface area contributed by atoms with E-state index >= 15 is 0 Å². The lowest BCUT2D eigenvalue weighted by atomic mass is 9.79. The Morgan fingerprint density at radius 1 is 1.08 bits per heavy atom. The van der Waals surface area contributed by atoms with Gasteiger partial charge in [-0.3, -0.25) is 14.0 Å². The predicted molar refractivity (Wildman–Crippen MR) is 86.8 cm³/mol.